The first-order chi connectivity index (χ1) is 12.7. The average Bonchev–Trinajstić information content (AvgIpc) is 2.97. The number of hydrogen-bond acceptors (Lipinski definition) is 5. The molecule has 3 heterocycles. The summed E-state index contributed by atoms with van der Waals surface area (Å²) in [4.78, 5) is 28.7. The Morgan fingerprint density at radius 2 is 1.96 bits per heavy atom. The number of aromatic nitrogens is 1. The molecular weight excluding hydrogens is 332 g/mol. The Morgan fingerprint density at radius 1 is 1.12 bits per heavy atom. The molecule has 0 unspecified atom stereocenters. The fourth-order valence-corrected chi connectivity index (χ4v) is 4.53. The molecule has 2 saturated heterocycles. The highest BCUT2D eigenvalue weighted by Crippen LogP contribution is 2.31. The van der Waals surface area contributed by atoms with E-state index in [2.05, 4.69) is 4.90 Å². The van der Waals surface area contributed by atoms with E-state index in [4.69, 9.17) is 10.2 Å². The van der Waals surface area contributed by atoms with E-state index in [0.29, 0.717) is 43.6 Å². The van der Waals surface area contributed by atoms with Crippen LogP contribution in [0.15, 0.2) is 33.5 Å². The van der Waals surface area contributed by atoms with Gasteiger partial charge < -0.3 is 20.0 Å². The summed E-state index contributed by atoms with van der Waals surface area (Å²) >= 11 is 0. The molecule has 26 heavy (non-hydrogen) atoms. The molecule has 0 bridgehead atoms. The highest BCUT2D eigenvalue weighted by molar-refractivity contribution is 5.77. The molecule has 0 radical (unpaired) electrons. The summed E-state index contributed by atoms with van der Waals surface area (Å²) in [6.45, 7) is 4.55. The highest BCUT2D eigenvalue weighted by Gasteiger charge is 2.38. The molecule has 2 fully saturated rings. The van der Waals surface area contributed by atoms with Crippen LogP contribution < -0.4 is 11.5 Å². The molecule has 2 aromatic rings. The number of para-hydroxylation sites is 2. The van der Waals surface area contributed by atoms with E-state index in [-0.39, 0.29) is 11.7 Å². The van der Waals surface area contributed by atoms with Gasteiger partial charge in [-0.2, -0.15) is 0 Å². The zero-order valence-corrected chi connectivity index (χ0v) is 15.0. The third-order valence-corrected chi connectivity index (χ3v) is 5.81. The van der Waals surface area contributed by atoms with Crippen LogP contribution in [0.4, 0.5) is 0 Å². The van der Waals surface area contributed by atoms with E-state index >= 15 is 0 Å². The van der Waals surface area contributed by atoms with Crippen molar-refractivity contribution in [3.05, 3.63) is 34.8 Å². The van der Waals surface area contributed by atoms with Gasteiger partial charge in [0.25, 0.3) is 0 Å². The van der Waals surface area contributed by atoms with Gasteiger partial charge in [0.1, 0.15) is 0 Å². The molecule has 2 aliphatic heterocycles. The fourth-order valence-electron chi connectivity index (χ4n) is 4.53. The van der Waals surface area contributed by atoms with Crippen LogP contribution in [0.1, 0.15) is 19.3 Å². The van der Waals surface area contributed by atoms with Crippen molar-refractivity contribution in [2.24, 2.45) is 11.7 Å². The summed E-state index contributed by atoms with van der Waals surface area (Å²) in [7, 11) is 0. The first-order valence-electron chi connectivity index (χ1n) is 9.47. The monoisotopic (exact) mass is 358 g/mol. The summed E-state index contributed by atoms with van der Waals surface area (Å²) < 4.78 is 7.03. The molecule has 1 amide bonds. The Labute approximate surface area is 152 Å². The van der Waals surface area contributed by atoms with Crippen molar-refractivity contribution in [2.75, 3.05) is 32.7 Å². The minimum absolute atomic E-state index is 0.251. The number of carbonyl (C=O) groups excluding carboxylic acids is 1. The topological polar surface area (TPSA) is 84.7 Å². The normalized spacial score (nSPS) is 24.2. The van der Waals surface area contributed by atoms with E-state index in [1.807, 2.05) is 29.2 Å². The van der Waals surface area contributed by atoms with Gasteiger partial charge in [-0.1, -0.05) is 12.1 Å². The van der Waals surface area contributed by atoms with E-state index in [1.165, 1.54) is 0 Å². The molecule has 140 valence electrons. The van der Waals surface area contributed by atoms with Gasteiger partial charge in [-0.05, 0) is 30.9 Å². The maximum absolute atomic E-state index is 12.2. The standard InChI is InChI=1S/C19H26N4O3/c20-8-10-22-15-7-9-21(13-14(15)5-6-18(22)24)11-12-23-16-3-1-2-4-17(16)26-19(23)25/h1-4,14-15H,5-13,20H2/t14-,15+/m0/s1. The third-order valence-electron chi connectivity index (χ3n) is 5.81. The van der Waals surface area contributed by atoms with Gasteiger partial charge in [0.2, 0.25) is 5.91 Å². The lowest BCUT2D eigenvalue weighted by atomic mass is 9.83. The Kier molecular flexibility index (Phi) is 4.82. The molecule has 7 nitrogen and oxygen atoms in total. The number of likely N-dealkylation sites (tertiary alicyclic amines) is 2. The predicted octanol–water partition coefficient (Wildman–Crippen LogP) is 0.866. The molecular formula is C19H26N4O3. The molecule has 1 aromatic carbocycles. The van der Waals surface area contributed by atoms with Crippen molar-refractivity contribution in [3.8, 4) is 0 Å². The van der Waals surface area contributed by atoms with Gasteiger partial charge in [-0.25, -0.2) is 4.79 Å². The first-order valence-corrected chi connectivity index (χ1v) is 9.47. The summed E-state index contributed by atoms with van der Waals surface area (Å²) in [6, 6.07) is 7.86. The molecule has 2 atom stereocenters. The molecule has 0 saturated carbocycles. The Balaban J connectivity index is 1.41. The number of oxazole rings is 1. The quantitative estimate of drug-likeness (QED) is 0.857. The Bertz CT molecular complexity index is 843. The van der Waals surface area contributed by atoms with E-state index < -0.39 is 0 Å². The SMILES string of the molecule is NCCN1C(=O)CC[C@H]2CN(CCn3c(=O)oc4ccccc43)CC[C@H]21. The number of benzene rings is 1. The maximum atomic E-state index is 12.2. The lowest BCUT2D eigenvalue weighted by Gasteiger charge is -2.47. The lowest BCUT2D eigenvalue weighted by Crippen LogP contribution is -2.57. The number of hydrogen-bond donors (Lipinski definition) is 1. The third kappa shape index (κ3) is 3.17. The van der Waals surface area contributed by atoms with Crippen molar-refractivity contribution in [1.29, 1.82) is 0 Å². The van der Waals surface area contributed by atoms with Crippen LogP contribution in [0.25, 0.3) is 11.1 Å². The molecule has 7 heteroatoms. The zero-order valence-electron chi connectivity index (χ0n) is 15.0. The summed E-state index contributed by atoms with van der Waals surface area (Å²) in [5, 5.41) is 0. The second-order valence-electron chi connectivity index (χ2n) is 7.32. The molecule has 4 rings (SSSR count). The van der Waals surface area contributed by atoms with Gasteiger partial charge >= 0.3 is 5.76 Å². The van der Waals surface area contributed by atoms with Crippen LogP contribution in [0.2, 0.25) is 0 Å². The molecule has 1 aromatic heterocycles. The number of amides is 1. The number of rotatable bonds is 5. The summed E-state index contributed by atoms with van der Waals surface area (Å²) in [5.41, 5.74) is 7.18. The van der Waals surface area contributed by atoms with Crippen molar-refractivity contribution in [1.82, 2.24) is 14.4 Å². The smallest absolute Gasteiger partial charge is 0.408 e. The molecule has 0 spiro atoms. The van der Waals surface area contributed by atoms with Gasteiger partial charge in [0.15, 0.2) is 5.58 Å². The predicted molar refractivity (Wildman–Crippen MR) is 98.8 cm³/mol. The van der Waals surface area contributed by atoms with Crippen molar-refractivity contribution >= 4 is 17.0 Å². The lowest BCUT2D eigenvalue weighted by molar-refractivity contribution is -0.140. The van der Waals surface area contributed by atoms with Crippen LogP contribution in [-0.2, 0) is 11.3 Å². The Hall–Kier alpha value is -2.12. The minimum atomic E-state index is -0.293. The number of piperidine rings is 2. The average molecular weight is 358 g/mol. The van der Waals surface area contributed by atoms with Crippen molar-refractivity contribution in [3.63, 3.8) is 0 Å². The van der Waals surface area contributed by atoms with Crippen molar-refractivity contribution < 1.29 is 9.21 Å². The Morgan fingerprint density at radius 3 is 2.81 bits per heavy atom. The largest absolute Gasteiger partial charge is 0.419 e. The second-order valence-corrected chi connectivity index (χ2v) is 7.32. The number of nitrogens with zero attached hydrogens (tertiary/aromatic N) is 3. The van der Waals surface area contributed by atoms with Crippen LogP contribution in [0.3, 0.4) is 0 Å². The van der Waals surface area contributed by atoms with Crippen LogP contribution >= 0.6 is 0 Å². The van der Waals surface area contributed by atoms with Gasteiger partial charge in [0.05, 0.1) is 5.52 Å². The van der Waals surface area contributed by atoms with E-state index in [0.717, 1.165) is 38.0 Å². The highest BCUT2D eigenvalue weighted by atomic mass is 16.4. The first kappa shape index (κ1) is 17.3. The van der Waals surface area contributed by atoms with Crippen LogP contribution in [-0.4, -0.2) is 59.0 Å². The number of nitrogens with two attached hydrogens (primary N) is 1. The van der Waals surface area contributed by atoms with Crippen LogP contribution in [0, 0.1) is 5.92 Å². The van der Waals surface area contributed by atoms with Gasteiger partial charge in [-0.15, -0.1) is 0 Å². The molecule has 2 aliphatic rings. The second kappa shape index (κ2) is 7.25. The maximum Gasteiger partial charge on any atom is 0.419 e. The summed E-state index contributed by atoms with van der Waals surface area (Å²) in [6.07, 6.45) is 2.56. The van der Waals surface area contributed by atoms with Crippen molar-refractivity contribution in [2.45, 2.75) is 31.8 Å². The number of fused-ring (bicyclic) bond motifs is 2. The minimum Gasteiger partial charge on any atom is -0.408 e. The van der Waals surface area contributed by atoms with Gasteiger partial charge in [-0.3, -0.25) is 9.36 Å². The molecule has 0 aliphatic carbocycles. The van der Waals surface area contributed by atoms with E-state index in [9.17, 15) is 9.59 Å². The van der Waals surface area contributed by atoms with Gasteiger partial charge in [0, 0.05) is 51.7 Å². The fraction of sp³-hybridized carbons (Fsp3) is 0.579. The number of carbonyl (C=O) groups is 1. The molecule has 2 N–H and O–H groups in total. The summed E-state index contributed by atoms with van der Waals surface area (Å²) in [5.74, 6) is 0.464. The zero-order chi connectivity index (χ0) is 18.1. The van der Waals surface area contributed by atoms with E-state index in [1.54, 1.807) is 4.57 Å². The van der Waals surface area contributed by atoms with Crippen LogP contribution in [0.5, 0.6) is 0 Å².